The van der Waals surface area contributed by atoms with Gasteiger partial charge < -0.3 is 20.3 Å². The first kappa shape index (κ1) is 19.1. The maximum Gasteiger partial charge on any atom is 0.264 e. The summed E-state index contributed by atoms with van der Waals surface area (Å²) in [6.45, 7) is 2.04. The number of aliphatic hydroxyl groups excluding tert-OH is 1. The van der Waals surface area contributed by atoms with Crippen LogP contribution in [0.15, 0.2) is 29.3 Å². The summed E-state index contributed by atoms with van der Waals surface area (Å²) in [5.74, 6) is 0.578. The maximum absolute atomic E-state index is 13.3. The van der Waals surface area contributed by atoms with Gasteiger partial charge in [0.1, 0.15) is 5.65 Å². The van der Waals surface area contributed by atoms with Crippen molar-refractivity contribution in [3.63, 3.8) is 0 Å². The minimum Gasteiger partial charge on any atom is -0.395 e. The topological polar surface area (TPSA) is 104 Å². The zero-order valence-corrected chi connectivity index (χ0v) is 17.4. The molecule has 5 rings (SSSR count). The molecule has 0 spiro atoms. The lowest BCUT2D eigenvalue weighted by atomic mass is 10.0. The highest BCUT2D eigenvalue weighted by Gasteiger charge is 2.24. The van der Waals surface area contributed by atoms with Gasteiger partial charge in [0.05, 0.1) is 22.5 Å². The molecule has 4 heterocycles. The first-order chi connectivity index (χ1) is 14.5. The Labute approximate surface area is 176 Å². The largest absolute Gasteiger partial charge is 0.395 e. The average molecular weight is 428 g/mol. The quantitative estimate of drug-likeness (QED) is 0.454. The molecule has 0 radical (unpaired) electrons. The molecule has 9 nitrogen and oxygen atoms in total. The number of fused-ring (bicyclic) bond motifs is 2. The zero-order valence-electron chi connectivity index (χ0n) is 16.7. The van der Waals surface area contributed by atoms with E-state index in [1.54, 1.807) is 22.5 Å². The van der Waals surface area contributed by atoms with Gasteiger partial charge in [-0.1, -0.05) is 17.7 Å². The van der Waals surface area contributed by atoms with Crippen LogP contribution in [0.25, 0.3) is 33.1 Å². The van der Waals surface area contributed by atoms with Crippen molar-refractivity contribution in [3.8, 4) is 11.1 Å². The molecule has 3 N–H and O–H groups in total. The number of piperazine rings is 1. The van der Waals surface area contributed by atoms with Crippen molar-refractivity contribution < 1.29 is 5.11 Å². The average Bonchev–Trinajstić information content (AvgIpc) is 3.34. The van der Waals surface area contributed by atoms with Gasteiger partial charge >= 0.3 is 0 Å². The predicted octanol–water partition coefficient (Wildman–Crippen LogP) is 1.24. The Bertz CT molecular complexity index is 1320. The standard InChI is InChI=1S/C20H22ClN7O2/c1-26-9-14-15(25-26)4-3-12(17(14)21)13-7-23-18-16(13)19(30)27(2)20(24-18)28-6-5-22-11(8-28)10-29/h3-4,7,9,11,22-23,29H,5-6,8,10H2,1-2H3/t11-/m0/s1. The molecule has 156 valence electrons. The van der Waals surface area contributed by atoms with Gasteiger partial charge in [-0.2, -0.15) is 10.1 Å². The van der Waals surface area contributed by atoms with Crippen molar-refractivity contribution in [1.29, 1.82) is 0 Å². The Kier molecular flexibility index (Phi) is 4.53. The van der Waals surface area contributed by atoms with Crippen LogP contribution in [0.4, 0.5) is 5.95 Å². The van der Waals surface area contributed by atoms with E-state index >= 15 is 0 Å². The van der Waals surface area contributed by atoms with E-state index in [-0.39, 0.29) is 18.2 Å². The molecule has 3 aromatic heterocycles. The number of benzene rings is 1. The molecule has 0 amide bonds. The Morgan fingerprint density at radius 1 is 1.30 bits per heavy atom. The summed E-state index contributed by atoms with van der Waals surface area (Å²) in [4.78, 5) is 23.2. The van der Waals surface area contributed by atoms with Crippen LogP contribution >= 0.6 is 11.6 Å². The fourth-order valence-corrected chi connectivity index (χ4v) is 4.47. The number of aromatic nitrogens is 5. The first-order valence-electron chi connectivity index (χ1n) is 9.77. The third-order valence-corrected chi connectivity index (χ3v) is 6.08. The van der Waals surface area contributed by atoms with Crippen LogP contribution in [0.3, 0.4) is 0 Å². The lowest BCUT2D eigenvalue weighted by Crippen LogP contribution is -2.53. The van der Waals surface area contributed by atoms with E-state index in [0.29, 0.717) is 40.7 Å². The zero-order chi connectivity index (χ0) is 21.0. The van der Waals surface area contributed by atoms with Crippen LogP contribution in [-0.2, 0) is 14.1 Å². The Morgan fingerprint density at radius 3 is 2.93 bits per heavy atom. The minimum atomic E-state index is -0.146. The molecule has 0 aliphatic carbocycles. The SMILES string of the molecule is Cn1cc2c(Cl)c(-c3c[nH]c4nc(N5CCN[C@H](CO)C5)n(C)c(=O)c34)ccc2n1. The summed E-state index contributed by atoms with van der Waals surface area (Å²) >= 11 is 6.69. The van der Waals surface area contributed by atoms with Crippen molar-refractivity contribution in [2.45, 2.75) is 6.04 Å². The lowest BCUT2D eigenvalue weighted by molar-refractivity contribution is 0.235. The van der Waals surface area contributed by atoms with Crippen molar-refractivity contribution in [3.05, 3.63) is 39.9 Å². The molecule has 1 aromatic carbocycles. The Morgan fingerprint density at radius 2 is 2.13 bits per heavy atom. The van der Waals surface area contributed by atoms with Crippen molar-refractivity contribution in [2.75, 3.05) is 31.1 Å². The summed E-state index contributed by atoms with van der Waals surface area (Å²) in [5, 5.41) is 19.0. The number of rotatable bonds is 3. The van der Waals surface area contributed by atoms with Gasteiger partial charge in [-0.3, -0.25) is 14.0 Å². The molecular weight excluding hydrogens is 406 g/mol. The molecule has 30 heavy (non-hydrogen) atoms. The first-order valence-corrected chi connectivity index (χ1v) is 10.1. The van der Waals surface area contributed by atoms with Crippen molar-refractivity contribution >= 4 is 39.5 Å². The molecule has 1 saturated heterocycles. The number of nitrogens with one attached hydrogen (secondary N) is 2. The molecule has 10 heteroatoms. The molecule has 0 unspecified atom stereocenters. The predicted molar refractivity (Wildman–Crippen MR) is 117 cm³/mol. The van der Waals surface area contributed by atoms with Gasteiger partial charge in [0, 0.05) is 68.7 Å². The highest BCUT2D eigenvalue weighted by Crippen LogP contribution is 2.36. The highest BCUT2D eigenvalue weighted by atomic mass is 35.5. The van der Waals surface area contributed by atoms with Gasteiger partial charge in [0.2, 0.25) is 5.95 Å². The van der Waals surface area contributed by atoms with Crippen LogP contribution in [0.5, 0.6) is 0 Å². The number of aromatic amines is 1. The summed E-state index contributed by atoms with van der Waals surface area (Å²) in [7, 11) is 3.57. The Hall–Kier alpha value is -2.88. The summed E-state index contributed by atoms with van der Waals surface area (Å²) < 4.78 is 3.28. The third-order valence-electron chi connectivity index (χ3n) is 5.68. The molecule has 4 aromatic rings. The van der Waals surface area contributed by atoms with E-state index in [0.717, 1.165) is 23.0 Å². The second kappa shape index (κ2) is 7.12. The van der Waals surface area contributed by atoms with Crippen LogP contribution in [-0.4, -0.2) is 61.7 Å². The highest BCUT2D eigenvalue weighted by molar-refractivity contribution is 6.38. The van der Waals surface area contributed by atoms with E-state index in [9.17, 15) is 9.90 Å². The number of aryl methyl sites for hydroxylation is 1. The number of nitrogens with zero attached hydrogens (tertiary/aromatic N) is 5. The second-order valence-electron chi connectivity index (χ2n) is 7.64. The monoisotopic (exact) mass is 427 g/mol. The fourth-order valence-electron chi connectivity index (χ4n) is 4.16. The molecule has 1 aliphatic heterocycles. The number of hydrogen-bond acceptors (Lipinski definition) is 6. The number of hydrogen-bond donors (Lipinski definition) is 3. The Balaban J connectivity index is 1.65. The maximum atomic E-state index is 13.3. The van der Waals surface area contributed by atoms with Crippen molar-refractivity contribution in [2.24, 2.45) is 14.1 Å². The minimum absolute atomic E-state index is 0.0364. The van der Waals surface area contributed by atoms with E-state index in [1.165, 1.54) is 0 Å². The summed E-state index contributed by atoms with van der Waals surface area (Å²) in [5.41, 5.74) is 2.65. The van der Waals surface area contributed by atoms with Crippen LogP contribution in [0, 0.1) is 0 Å². The number of H-pyrrole nitrogens is 1. The number of anilines is 1. The second-order valence-corrected chi connectivity index (χ2v) is 8.02. The molecule has 1 aliphatic rings. The van der Waals surface area contributed by atoms with Gasteiger partial charge in [-0.25, -0.2) is 0 Å². The van der Waals surface area contributed by atoms with E-state index in [4.69, 9.17) is 16.6 Å². The van der Waals surface area contributed by atoms with E-state index in [1.807, 2.05) is 30.3 Å². The van der Waals surface area contributed by atoms with Gasteiger partial charge in [-0.15, -0.1) is 0 Å². The number of halogens is 1. The summed E-state index contributed by atoms with van der Waals surface area (Å²) in [6.07, 6.45) is 3.65. The summed E-state index contributed by atoms with van der Waals surface area (Å²) in [6, 6.07) is 3.74. The molecule has 0 bridgehead atoms. The molecule has 1 atom stereocenters. The van der Waals surface area contributed by atoms with E-state index < -0.39 is 0 Å². The van der Waals surface area contributed by atoms with Gasteiger partial charge in [0.15, 0.2) is 0 Å². The van der Waals surface area contributed by atoms with Gasteiger partial charge in [-0.05, 0) is 6.07 Å². The van der Waals surface area contributed by atoms with Crippen LogP contribution in [0.2, 0.25) is 5.02 Å². The van der Waals surface area contributed by atoms with Crippen LogP contribution < -0.4 is 15.8 Å². The van der Waals surface area contributed by atoms with Gasteiger partial charge in [0.25, 0.3) is 5.56 Å². The fraction of sp³-hybridized carbons (Fsp3) is 0.350. The van der Waals surface area contributed by atoms with Crippen LogP contribution in [0.1, 0.15) is 0 Å². The number of aliphatic hydroxyl groups is 1. The molecule has 0 saturated carbocycles. The third kappa shape index (κ3) is 2.89. The molecular formula is C20H22ClN7O2. The molecule has 1 fully saturated rings. The normalized spacial score (nSPS) is 17.3. The van der Waals surface area contributed by atoms with E-state index in [2.05, 4.69) is 15.4 Å². The smallest absolute Gasteiger partial charge is 0.264 e. The lowest BCUT2D eigenvalue weighted by Gasteiger charge is -2.34. The van der Waals surface area contributed by atoms with Crippen molar-refractivity contribution in [1.82, 2.24) is 29.6 Å².